The van der Waals surface area contributed by atoms with Crippen molar-refractivity contribution in [2.24, 2.45) is 22.6 Å². The molecule has 1 aromatic rings. The molecule has 0 bridgehead atoms. The zero-order valence-electron chi connectivity index (χ0n) is 18.8. The molecule has 3 rings (SSSR count). The summed E-state index contributed by atoms with van der Waals surface area (Å²) in [5, 5.41) is 7.05. The van der Waals surface area contributed by atoms with Gasteiger partial charge in [0, 0.05) is 32.8 Å². The number of nitrogens with zero attached hydrogens (tertiary/aromatic N) is 2. The van der Waals surface area contributed by atoms with Crippen LogP contribution >= 0.6 is 0 Å². The van der Waals surface area contributed by atoms with Crippen LogP contribution in [-0.2, 0) is 6.54 Å². The van der Waals surface area contributed by atoms with Crippen molar-refractivity contribution in [1.29, 1.82) is 0 Å². The van der Waals surface area contributed by atoms with E-state index in [0.29, 0.717) is 18.4 Å². The largest absolute Gasteiger partial charge is 0.493 e. The van der Waals surface area contributed by atoms with E-state index in [1.165, 1.54) is 18.4 Å². The van der Waals surface area contributed by atoms with E-state index in [-0.39, 0.29) is 0 Å². The zero-order valence-corrected chi connectivity index (χ0v) is 18.8. The van der Waals surface area contributed by atoms with Crippen LogP contribution < -0.4 is 25.8 Å². The van der Waals surface area contributed by atoms with Crippen LogP contribution in [-0.4, -0.2) is 51.3 Å². The van der Waals surface area contributed by atoms with Gasteiger partial charge in [0.05, 0.1) is 13.7 Å². The number of nitrogens with one attached hydrogen (secondary N) is 2. The first-order chi connectivity index (χ1) is 14.4. The van der Waals surface area contributed by atoms with E-state index in [1.807, 2.05) is 44.3 Å². The van der Waals surface area contributed by atoms with Crippen LogP contribution in [0.25, 0.3) is 0 Å². The Kier molecular flexibility index (Phi) is 7.61. The summed E-state index contributed by atoms with van der Waals surface area (Å²) in [6.45, 7) is 4.45. The average Bonchev–Trinajstić information content (AvgIpc) is 2.75. The number of allylic oxidation sites excluding steroid dienone is 1. The molecule has 7 heteroatoms. The lowest BCUT2D eigenvalue weighted by molar-refractivity contribution is 0.146. The highest BCUT2D eigenvalue weighted by Gasteiger charge is 2.38. The first-order valence-corrected chi connectivity index (χ1v) is 11.0. The molecule has 2 aliphatic rings. The van der Waals surface area contributed by atoms with Crippen molar-refractivity contribution in [3.63, 3.8) is 0 Å². The van der Waals surface area contributed by atoms with Crippen LogP contribution in [0.2, 0.25) is 0 Å². The standard InChI is InChI=1S/C23H37N5O2/c1-5-30-21-14-18(8-11-20(21)29-4)16-25-15-17-6-9-19(10-7-17)23(24)26-13-12-22(27-23)28(2)3/h8,11-14,17,19,25,27H,5-7,9-10,15-16,24H2,1-4H3. The van der Waals surface area contributed by atoms with Crippen LogP contribution in [0, 0.1) is 11.8 Å². The van der Waals surface area contributed by atoms with Crippen LogP contribution in [0.5, 0.6) is 11.5 Å². The number of nitrogens with two attached hydrogens (primary N) is 1. The molecule has 166 valence electrons. The summed E-state index contributed by atoms with van der Waals surface area (Å²) in [5.74, 6) is 2.93. The Morgan fingerprint density at radius 2 is 2.00 bits per heavy atom. The van der Waals surface area contributed by atoms with Crippen LogP contribution in [0.4, 0.5) is 0 Å². The Bertz CT molecular complexity index is 756. The van der Waals surface area contributed by atoms with Crippen molar-refractivity contribution < 1.29 is 9.47 Å². The number of benzene rings is 1. The quantitative estimate of drug-likeness (QED) is 0.575. The van der Waals surface area contributed by atoms with Gasteiger partial charge < -0.3 is 25.0 Å². The zero-order chi connectivity index (χ0) is 21.6. The minimum absolute atomic E-state index is 0.351. The van der Waals surface area contributed by atoms with Gasteiger partial charge in [0.15, 0.2) is 17.3 Å². The monoisotopic (exact) mass is 415 g/mol. The lowest BCUT2D eigenvalue weighted by Crippen LogP contribution is -2.60. The highest BCUT2D eigenvalue weighted by molar-refractivity contribution is 5.73. The minimum Gasteiger partial charge on any atom is -0.493 e. The highest BCUT2D eigenvalue weighted by Crippen LogP contribution is 2.35. The molecule has 1 aromatic carbocycles. The van der Waals surface area contributed by atoms with E-state index in [0.717, 1.165) is 43.3 Å². The van der Waals surface area contributed by atoms with Crippen molar-refractivity contribution in [2.45, 2.75) is 44.9 Å². The van der Waals surface area contributed by atoms with Crippen molar-refractivity contribution in [1.82, 2.24) is 15.5 Å². The topological polar surface area (TPSA) is 84.1 Å². The maximum Gasteiger partial charge on any atom is 0.186 e. The van der Waals surface area contributed by atoms with Gasteiger partial charge in [-0.15, -0.1) is 0 Å². The SMILES string of the molecule is CCOc1cc(CNCC2CCC(C3(N)N=CC=C(N(C)C)N3)CC2)ccc1OC. The number of aliphatic imine (C=N–C) groups is 1. The second-order valence-corrected chi connectivity index (χ2v) is 8.44. The molecule has 0 radical (unpaired) electrons. The smallest absolute Gasteiger partial charge is 0.186 e. The van der Waals surface area contributed by atoms with E-state index >= 15 is 0 Å². The molecule has 0 amide bonds. The maximum absolute atomic E-state index is 6.63. The molecular weight excluding hydrogens is 378 g/mol. The molecule has 1 unspecified atom stereocenters. The number of hydrogen-bond acceptors (Lipinski definition) is 7. The third-order valence-electron chi connectivity index (χ3n) is 6.09. The predicted octanol–water partition coefficient (Wildman–Crippen LogP) is 2.68. The lowest BCUT2D eigenvalue weighted by atomic mass is 9.78. The van der Waals surface area contributed by atoms with Gasteiger partial charge in [0.2, 0.25) is 0 Å². The molecule has 1 aliphatic carbocycles. The van der Waals surface area contributed by atoms with E-state index in [4.69, 9.17) is 15.2 Å². The average molecular weight is 416 g/mol. The first-order valence-electron chi connectivity index (χ1n) is 11.0. The summed E-state index contributed by atoms with van der Waals surface area (Å²) in [6, 6.07) is 6.13. The molecule has 4 N–H and O–H groups in total. The molecular formula is C23H37N5O2. The molecule has 30 heavy (non-hydrogen) atoms. The Morgan fingerprint density at radius 1 is 1.23 bits per heavy atom. The van der Waals surface area contributed by atoms with Crippen molar-refractivity contribution in [3.8, 4) is 11.5 Å². The number of ether oxygens (including phenoxy) is 2. The Labute approximate surface area is 180 Å². The molecule has 1 saturated carbocycles. The second-order valence-electron chi connectivity index (χ2n) is 8.44. The fourth-order valence-electron chi connectivity index (χ4n) is 4.31. The summed E-state index contributed by atoms with van der Waals surface area (Å²) >= 11 is 0. The minimum atomic E-state index is -0.689. The van der Waals surface area contributed by atoms with Gasteiger partial charge in [-0.1, -0.05) is 6.07 Å². The Hall–Kier alpha value is -2.25. The molecule has 1 aliphatic heterocycles. The summed E-state index contributed by atoms with van der Waals surface area (Å²) in [6.07, 6.45) is 8.32. The van der Waals surface area contributed by atoms with E-state index in [2.05, 4.69) is 27.8 Å². The lowest BCUT2D eigenvalue weighted by Gasteiger charge is -2.42. The molecule has 0 saturated heterocycles. The summed E-state index contributed by atoms with van der Waals surface area (Å²) < 4.78 is 11.0. The van der Waals surface area contributed by atoms with E-state index < -0.39 is 5.79 Å². The van der Waals surface area contributed by atoms with Crippen molar-refractivity contribution in [3.05, 3.63) is 35.7 Å². The van der Waals surface area contributed by atoms with Gasteiger partial charge in [-0.05, 0) is 68.8 Å². The van der Waals surface area contributed by atoms with Crippen LogP contribution in [0.15, 0.2) is 35.1 Å². The normalized spacial score (nSPS) is 26.0. The molecule has 1 atom stereocenters. The maximum atomic E-state index is 6.63. The van der Waals surface area contributed by atoms with E-state index in [1.54, 1.807) is 7.11 Å². The summed E-state index contributed by atoms with van der Waals surface area (Å²) in [5.41, 5.74) is 7.84. The fourth-order valence-corrected chi connectivity index (χ4v) is 4.31. The highest BCUT2D eigenvalue weighted by atomic mass is 16.5. The first kappa shape index (κ1) is 22.4. The number of hydrogen-bond donors (Lipinski definition) is 3. The molecule has 1 heterocycles. The Balaban J connectivity index is 1.45. The Morgan fingerprint density at radius 3 is 2.67 bits per heavy atom. The summed E-state index contributed by atoms with van der Waals surface area (Å²) in [4.78, 5) is 6.62. The van der Waals surface area contributed by atoms with Gasteiger partial charge in [-0.2, -0.15) is 0 Å². The fraction of sp³-hybridized carbons (Fsp3) is 0.609. The molecule has 0 aromatic heterocycles. The van der Waals surface area contributed by atoms with Crippen molar-refractivity contribution in [2.75, 3.05) is 34.4 Å². The van der Waals surface area contributed by atoms with Crippen LogP contribution in [0.1, 0.15) is 38.2 Å². The van der Waals surface area contributed by atoms with Gasteiger partial charge in [0.1, 0.15) is 5.82 Å². The summed E-state index contributed by atoms with van der Waals surface area (Å²) in [7, 11) is 5.70. The third kappa shape index (κ3) is 5.46. The number of rotatable bonds is 9. The van der Waals surface area contributed by atoms with Gasteiger partial charge >= 0.3 is 0 Å². The van der Waals surface area contributed by atoms with Gasteiger partial charge in [-0.3, -0.25) is 10.7 Å². The molecule has 1 fully saturated rings. The van der Waals surface area contributed by atoms with Crippen LogP contribution in [0.3, 0.4) is 0 Å². The third-order valence-corrected chi connectivity index (χ3v) is 6.09. The molecule has 0 spiro atoms. The predicted molar refractivity (Wildman–Crippen MR) is 122 cm³/mol. The van der Waals surface area contributed by atoms with Gasteiger partial charge in [-0.25, -0.2) is 0 Å². The van der Waals surface area contributed by atoms with E-state index in [9.17, 15) is 0 Å². The molecule has 7 nitrogen and oxygen atoms in total. The second kappa shape index (κ2) is 10.2. The number of methoxy groups -OCH3 is 1. The van der Waals surface area contributed by atoms with Crippen molar-refractivity contribution >= 4 is 6.21 Å². The van der Waals surface area contributed by atoms with Gasteiger partial charge in [0.25, 0.3) is 0 Å².